The number of anilines is 1. The molecule has 0 N–H and O–H groups in total. The molecule has 1 aliphatic rings. The number of hydrogen-bond donors (Lipinski definition) is 0. The van der Waals surface area contributed by atoms with Crippen molar-refractivity contribution in [3.05, 3.63) is 48.4 Å². The van der Waals surface area contributed by atoms with E-state index in [1.165, 1.54) is 12.1 Å². The third-order valence-electron chi connectivity index (χ3n) is 4.01. The van der Waals surface area contributed by atoms with E-state index >= 15 is 0 Å². The smallest absolute Gasteiger partial charge is 0.250 e. The summed E-state index contributed by atoms with van der Waals surface area (Å²) in [5.41, 5.74) is 1.40. The van der Waals surface area contributed by atoms with Gasteiger partial charge in [-0.2, -0.15) is 5.10 Å². The van der Waals surface area contributed by atoms with Crippen molar-refractivity contribution in [2.24, 2.45) is 7.05 Å². The molecule has 1 aromatic carbocycles. The number of benzene rings is 1. The van der Waals surface area contributed by atoms with Crippen LogP contribution in [0.15, 0.2) is 41.1 Å². The van der Waals surface area contributed by atoms with E-state index in [2.05, 4.69) is 15.3 Å². The van der Waals surface area contributed by atoms with Crippen molar-refractivity contribution in [1.82, 2.24) is 20.0 Å². The molecule has 24 heavy (non-hydrogen) atoms. The molecule has 4 rings (SSSR count). The Balaban J connectivity index is 1.55. The molecule has 7 nitrogen and oxygen atoms in total. The second-order valence-electron chi connectivity index (χ2n) is 5.73. The monoisotopic (exact) mass is 327 g/mol. The van der Waals surface area contributed by atoms with Crippen LogP contribution in [0.1, 0.15) is 18.2 Å². The fourth-order valence-corrected chi connectivity index (χ4v) is 2.79. The van der Waals surface area contributed by atoms with Crippen LogP contribution < -0.4 is 4.90 Å². The quantitative estimate of drug-likeness (QED) is 0.736. The van der Waals surface area contributed by atoms with Crippen LogP contribution in [-0.4, -0.2) is 32.4 Å². The van der Waals surface area contributed by atoms with Crippen LogP contribution in [0.3, 0.4) is 0 Å². The van der Waals surface area contributed by atoms with Crippen LogP contribution >= 0.6 is 0 Å². The number of rotatable bonds is 3. The molecule has 1 aliphatic heterocycles. The number of amides is 1. The van der Waals surface area contributed by atoms with Gasteiger partial charge in [-0.05, 0) is 24.3 Å². The number of nitrogens with zero attached hydrogens (tertiary/aromatic N) is 5. The van der Waals surface area contributed by atoms with Crippen LogP contribution in [0.2, 0.25) is 0 Å². The molecule has 2 aromatic heterocycles. The van der Waals surface area contributed by atoms with Gasteiger partial charge in [0.25, 0.3) is 5.89 Å². The highest BCUT2D eigenvalue weighted by molar-refractivity contribution is 5.96. The average Bonchev–Trinajstić information content (AvgIpc) is 3.27. The van der Waals surface area contributed by atoms with Gasteiger partial charge in [-0.15, -0.1) is 10.2 Å². The Kier molecular flexibility index (Phi) is 3.37. The SMILES string of the molecule is Cn1cc(-c2nnc(C3CC(=O)N(c4ccc(F)cc4)C3)o2)cn1. The molecular formula is C16H14FN5O2. The Morgan fingerprint density at radius 3 is 2.75 bits per heavy atom. The first-order valence-electron chi connectivity index (χ1n) is 7.48. The third kappa shape index (κ3) is 2.55. The fourth-order valence-electron chi connectivity index (χ4n) is 2.79. The average molecular weight is 327 g/mol. The Bertz CT molecular complexity index is 886. The second-order valence-corrected chi connectivity index (χ2v) is 5.73. The summed E-state index contributed by atoms with van der Waals surface area (Å²) in [5.74, 6) is 0.241. The van der Waals surface area contributed by atoms with Crippen molar-refractivity contribution < 1.29 is 13.6 Å². The predicted molar refractivity (Wildman–Crippen MR) is 82.6 cm³/mol. The number of aromatic nitrogens is 4. The fraction of sp³-hybridized carbons (Fsp3) is 0.250. The van der Waals surface area contributed by atoms with Crippen molar-refractivity contribution in [3.8, 4) is 11.5 Å². The molecule has 1 amide bonds. The minimum atomic E-state index is -0.333. The molecule has 0 radical (unpaired) electrons. The lowest BCUT2D eigenvalue weighted by atomic mass is 10.1. The normalized spacial score (nSPS) is 17.7. The van der Waals surface area contributed by atoms with Gasteiger partial charge >= 0.3 is 0 Å². The lowest BCUT2D eigenvalue weighted by molar-refractivity contribution is -0.117. The van der Waals surface area contributed by atoms with Gasteiger partial charge < -0.3 is 9.32 Å². The van der Waals surface area contributed by atoms with E-state index < -0.39 is 0 Å². The molecule has 122 valence electrons. The van der Waals surface area contributed by atoms with Gasteiger partial charge in [0.2, 0.25) is 11.8 Å². The standard InChI is InChI=1S/C16H14FN5O2/c1-21-8-11(7-18-21)16-20-19-15(24-16)10-6-14(23)22(9-10)13-4-2-12(17)3-5-13/h2-5,7-8,10H,6,9H2,1H3. The Hall–Kier alpha value is -3.03. The molecule has 1 atom stereocenters. The van der Waals surface area contributed by atoms with E-state index in [0.717, 1.165) is 5.56 Å². The first-order valence-corrected chi connectivity index (χ1v) is 7.48. The summed E-state index contributed by atoms with van der Waals surface area (Å²) in [5, 5.41) is 12.2. The van der Waals surface area contributed by atoms with Crippen molar-refractivity contribution >= 4 is 11.6 Å². The first-order chi connectivity index (χ1) is 11.6. The summed E-state index contributed by atoms with van der Waals surface area (Å²) in [4.78, 5) is 13.9. The summed E-state index contributed by atoms with van der Waals surface area (Å²) >= 11 is 0. The number of halogens is 1. The number of carbonyl (C=O) groups excluding carboxylic acids is 1. The largest absolute Gasteiger partial charge is 0.420 e. The van der Waals surface area contributed by atoms with Gasteiger partial charge in [-0.3, -0.25) is 9.48 Å². The molecule has 0 aliphatic carbocycles. The summed E-state index contributed by atoms with van der Waals surface area (Å²) in [7, 11) is 1.80. The van der Waals surface area contributed by atoms with Crippen molar-refractivity contribution in [2.75, 3.05) is 11.4 Å². The third-order valence-corrected chi connectivity index (χ3v) is 4.01. The molecule has 3 aromatic rings. The number of aryl methyl sites for hydroxylation is 1. The van der Waals surface area contributed by atoms with Gasteiger partial charge in [0.05, 0.1) is 17.7 Å². The van der Waals surface area contributed by atoms with Gasteiger partial charge in [-0.25, -0.2) is 4.39 Å². The summed E-state index contributed by atoms with van der Waals surface area (Å²) in [6.07, 6.45) is 3.70. The highest BCUT2D eigenvalue weighted by Crippen LogP contribution is 2.32. The van der Waals surface area contributed by atoms with E-state index in [-0.39, 0.29) is 24.1 Å². The molecule has 1 unspecified atom stereocenters. The molecule has 0 spiro atoms. The lowest BCUT2D eigenvalue weighted by Crippen LogP contribution is -2.24. The van der Waals surface area contributed by atoms with E-state index in [0.29, 0.717) is 24.0 Å². The van der Waals surface area contributed by atoms with E-state index in [9.17, 15) is 9.18 Å². The molecule has 1 saturated heterocycles. The highest BCUT2D eigenvalue weighted by atomic mass is 19.1. The van der Waals surface area contributed by atoms with Crippen molar-refractivity contribution in [3.63, 3.8) is 0 Å². The Labute approximate surface area is 136 Å². The van der Waals surface area contributed by atoms with E-state index in [1.807, 2.05) is 0 Å². The molecule has 0 bridgehead atoms. The van der Waals surface area contributed by atoms with Crippen molar-refractivity contribution in [2.45, 2.75) is 12.3 Å². The molecule has 1 fully saturated rings. The lowest BCUT2D eigenvalue weighted by Gasteiger charge is -2.15. The summed E-state index contributed by atoms with van der Waals surface area (Å²) < 4.78 is 20.4. The van der Waals surface area contributed by atoms with Gasteiger partial charge in [0, 0.05) is 31.9 Å². The molecule has 8 heteroatoms. The zero-order chi connectivity index (χ0) is 16.7. The van der Waals surface area contributed by atoms with E-state index in [4.69, 9.17) is 4.42 Å². The first kappa shape index (κ1) is 14.6. The minimum absolute atomic E-state index is 0.0484. The molecular weight excluding hydrogens is 313 g/mol. The van der Waals surface area contributed by atoms with Crippen LogP contribution in [0.5, 0.6) is 0 Å². The number of hydrogen-bond acceptors (Lipinski definition) is 5. The minimum Gasteiger partial charge on any atom is -0.420 e. The Morgan fingerprint density at radius 1 is 1.25 bits per heavy atom. The molecule has 0 saturated carbocycles. The molecule has 3 heterocycles. The summed E-state index contributed by atoms with van der Waals surface area (Å²) in [6.45, 7) is 0.430. The second kappa shape index (κ2) is 5.55. The van der Waals surface area contributed by atoms with Crippen LogP contribution in [0.25, 0.3) is 11.5 Å². The van der Waals surface area contributed by atoms with Crippen molar-refractivity contribution in [1.29, 1.82) is 0 Å². The highest BCUT2D eigenvalue weighted by Gasteiger charge is 2.35. The van der Waals surface area contributed by atoms with Crippen LogP contribution in [0.4, 0.5) is 10.1 Å². The van der Waals surface area contributed by atoms with Gasteiger partial charge in [0.1, 0.15) is 5.82 Å². The van der Waals surface area contributed by atoms with E-state index in [1.54, 1.807) is 41.2 Å². The maximum absolute atomic E-state index is 13.0. The number of carbonyl (C=O) groups is 1. The zero-order valence-corrected chi connectivity index (χ0v) is 12.9. The Morgan fingerprint density at radius 2 is 2.04 bits per heavy atom. The zero-order valence-electron chi connectivity index (χ0n) is 12.9. The topological polar surface area (TPSA) is 77.0 Å². The van der Waals surface area contributed by atoms with Crippen LogP contribution in [0, 0.1) is 5.82 Å². The maximum atomic E-state index is 13.0. The summed E-state index contributed by atoms with van der Waals surface area (Å²) in [6, 6.07) is 5.85. The maximum Gasteiger partial charge on any atom is 0.250 e. The van der Waals surface area contributed by atoms with Crippen LogP contribution in [-0.2, 0) is 11.8 Å². The van der Waals surface area contributed by atoms with Gasteiger partial charge in [-0.1, -0.05) is 0 Å². The predicted octanol–water partition coefficient (Wildman–Crippen LogP) is 2.13. The van der Waals surface area contributed by atoms with Gasteiger partial charge in [0.15, 0.2) is 0 Å².